The second kappa shape index (κ2) is 11.0. The molecule has 0 unspecified atom stereocenters. The summed E-state index contributed by atoms with van der Waals surface area (Å²) in [4.78, 5) is 10.8. The first kappa shape index (κ1) is 22.6. The third-order valence-corrected chi connectivity index (χ3v) is 2.74. The van der Waals surface area contributed by atoms with Crippen LogP contribution in [0.4, 0.5) is 4.39 Å². The van der Waals surface area contributed by atoms with Crippen molar-refractivity contribution in [3.05, 3.63) is 23.8 Å². The zero-order valence-electron chi connectivity index (χ0n) is 12.1. The van der Waals surface area contributed by atoms with E-state index < -0.39 is 12.1 Å². The molecule has 1 aromatic rings. The number of ether oxygens (including phenoxy) is 2. The summed E-state index contributed by atoms with van der Waals surface area (Å²) in [5.41, 5.74) is 0.131. The first-order valence-corrected chi connectivity index (χ1v) is 6.32. The zero-order chi connectivity index (χ0) is 14.4. The molecule has 0 aliphatic heterocycles. The van der Waals surface area contributed by atoms with Crippen LogP contribution in [-0.4, -0.2) is 30.5 Å². The van der Waals surface area contributed by atoms with Crippen molar-refractivity contribution in [3.8, 4) is 11.5 Å². The number of carboxylic acid groups (broad SMARTS) is 1. The Morgan fingerprint density at radius 2 is 1.86 bits per heavy atom. The van der Waals surface area contributed by atoms with E-state index >= 15 is 0 Å². The van der Waals surface area contributed by atoms with Crippen molar-refractivity contribution in [2.24, 2.45) is 0 Å². The van der Waals surface area contributed by atoms with Gasteiger partial charge in [0, 0.05) is 12.8 Å². The van der Waals surface area contributed by atoms with Gasteiger partial charge in [-0.3, -0.25) is 0 Å². The van der Waals surface area contributed by atoms with Crippen LogP contribution >= 0.6 is 0 Å². The second-order valence-corrected chi connectivity index (χ2v) is 3.98. The molecule has 4 nitrogen and oxygen atoms in total. The fourth-order valence-corrected chi connectivity index (χ4v) is 1.68. The predicted molar refractivity (Wildman–Crippen MR) is 78.6 cm³/mol. The van der Waals surface area contributed by atoms with Crippen LogP contribution in [0.1, 0.15) is 37.0 Å². The number of carboxylic acids is 1. The number of alkyl halides is 1. The summed E-state index contributed by atoms with van der Waals surface area (Å²) < 4.78 is 23.2. The molecule has 1 N–H and O–H groups in total. The SMILES string of the molecule is CC.COc1cc(C(=O)O)ccc1OC1CC(F)C1.[Ag+].[SH-]. The third-order valence-electron chi connectivity index (χ3n) is 2.74. The van der Waals surface area contributed by atoms with Gasteiger partial charge in [-0.05, 0) is 18.2 Å². The summed E-state index contributed by atoms with van der Waals surface area (Å²) in [5, 5.41) is 8.82. The molecular weight excluding hydrogens is 391 g/mol. The molecule has 2 rings (SSSR count). The van der Waals surface area contributed by atoms with Gasteiger partial charge in [0.05, 0.1) is 12.7 Å². The standard InChI is InChI=1S/C12H13FO4.C2H6.Ag.H2S/c1-16-11-4-7(12(14)15)2-3-10(11)17-9-5-8(13)6-9;1-2;;/h2-4,8-9H,5-6H2,1H3,(H,14,15);1-2H3;;1H2/q;;+1;/p-1. The van der Waals surface area contributed by atoms with Gasteiger partial charge in [-0.1, -0.05) is 13.8 Å². The van der Waals surface area contributed by atoms with Crippen molar-refractivity contribution < 1.29 is 46.1 Å². The van der Waals surface area contributed by atoms with Crippen LogP contribution in [0.25, 0.3) is 0 Å². The van der Waals surface area contributed by atoms with Gasteiger partial charge in [0.2, 0.25) is 0 Å². The van der Waals surface area contributed by atoms with Gasteiger partial charge in [-0.25, -0.2) is 9.18 Å². The van der Waals surface area contributed by atoms with Gasteiger partial charge in [-0.15, -0.1) is 0 Å². The maximum atomic E-state index is 12.6. The van der Waals surface area contributed by atoms with E-state index in [9.17, 15) is 9.18 Å². The van der Waals surface area contributed by atoms with Crippen LogP contribution in [0.15, 0.2) is 18.2 Å². The van der Waals surface area contributed by atoms with E-state index in [0.29, 0.717) is 24.3 Å². The second-order valence-electron chi connectivity index (χ2n) is 3.98. The van der Waals surface area contributed by atoms with Gasteiger partial charge >= 0.3 is 28.3 Å². The number of benzene rings is 1. The first-order valence-electron chi connectivity index (χ1n) is 6.32. The normalized spacial score (nSPS) is 18.7. The van der Waals surface area contributed by atoms with E-state index in [1.54, 1.807) is 0 Å². The molecule has 21 heavy (non-hydrogen) atoms. The Bertz CT molecular complexity index is 439. The molecule has 0 spiro atoms. The smallest absolute Gasteiger partial charge is 0.813 e. The minimum atomic E-state index is -1.03. The van der Waals surface area contributed by atoms with E-state index in [-0.39, 0.29) is 47.5 Å². The summed E-state index contributed by atoms with van der Waals surface area (Å²) in [6, 6.07) is 4.36. The summed E-state index contributed by atoms with van der Waals surface area (Å²) in [5.74, 6) is -0.219. The number of hydrogen-bond acceptors (Lipinski definition) is 4. The largest absolute Gasteiger partial charge is 1.00 e. The van der Waals surface area contributed by atoms with Gasteiger partial charge in [0.25, 0.3) is 0 Å². The number of methoxy groups -OCH3 is 1. The first-order chi connectivity index (χ1) is 9.10. The molecule has 0 heterocycles. The Morgan fingerprint density at radius 1 is 1.29 bits per heavy atom. The molecule has 0 saturated heterocycles. The van der Waals surface area contributed by atoms with Crippen LogP contribution in [-0.2, 0) is 35.9 Å². The zero-order valence-corrected chi connectivity index (χ0v) is 14.5. The minimum absolute atomic E-state index is 0. The number of thiol groups is 1. The van der Waals surface area contributed by atoms with Crippen LogP contribution in [0.3, 0.4) is 0 Å². The number of aromatic carboxylic acids is 1. The molecule has 0 amide bonds. The Balaban J connectivity index is 0. The molecule has 1 fully saturated rings. The monoisotopic (exact) mass is 410 g/mol. The van der Waals surface area contributed by atoms with Crippen molar-refractivity contribution >= 4 is 19.5 Å². The number of carbonyl (C=O) groups is 1. The topological polar surface area (TPSA) is 55.8 Å². The quantitative estimate of drug-likeness (QED) is 0.469. The molecule has 124 valence electrons. The average Bonchev–Trinajstić information content (AvgIpc) is 2.39. The van der Waals surface area contributed by atoms with Gasteiger partial charge in [0.15, 0.2) is 11.5 Å². The van der Waals surface area contributed by atoms with Gasteiger partial charge in [-0.2, -0.15) is 0 Å². The predicted octanol–water partition coefficient (Wildman–Crippen LogP) is 3.03. The molecule has 0 atom stereocenters. The summed E-state index contributed by atoms with van der Waals surface area (Å²) in [7, 11) is 1.44. The summed E-state index contributed by atoms with van der Waals surface area (Å²) in [6.45, 7) is 4.00. The Labute approximate surface area is 147 Å². The van der Waals surface area contributed by atoms with E-state index in [4.69, 9.17) is 14.6 Å². The van der Waals surface area contributed by atoms with Crippen molar-refractivity contribution in [2.75, 3.05) is 7.11 Å². The maximum absolute atomic E-state index is 12.6. The average molecular weight is 411 g/mol. The molecule has 1 aliphatic carbocycles. The maximum Gasteiger partial charge on any atom is 1.00 e. The van der Waals surface area contributed by atoms with Crippen molar-refractivity contribution in [3.63, 3.8) is 0 Å². The van der Waals surface area contributed by atoms with Crippen LogP contribution in [0.2, 0.25) is 0 Å². The fourth-order valence-electron chi connectivity index (χ4n) is 1.68. The van der Waals surface area contributed by atoms with Crippen LogP contribution in [0, 0.1) is 0 Å². The molecule has 7 heteroatoms. The number of halogens is 1. The molecule has 0 bridgehead atoms. The Kier molecular flexibility index (Phi) is 11.8. The Morgan fingerprint density at radius 3 is 2.29 bits per heavy atom. The Hall–Kier alpha value is -0.690. The molecule has 1 saturated carbocycles. The van der Waals surface area contributed by atoms with Crippen molar-refractivity contribution in [1.82, 2.24) is 0 Å². The fraction of sp³-hybridized carbons (Fsp3) is 0.500. The molecule has 0 aromatic heterocycles. The van der Waals surface area contributed by atoms with Gasteiger partial charge < -0.3 is 28.1 Å². The van der Waals surface area contributed by atoms with Crippen molar-refractivity contribution in [2.45, 2.75) is 39.0 Å². The van der Waals surface area contributed by atoms with Gasteiger partial charge in [0.1, 0.15) is 12.3 Å². The summed E-state index contributed by atoms with van der Waals surface area (Å²) >= 11 is 0. The van der Waals surface area contributed by atoms with E-state index in [0.717, 1.165) is 0 Å². The van der Waals surface area contributed by atoms with E-state index in [2.05, 4.69) is 0 Å². The third kappa shape index (κ3) is 6.30. The number of rotatable bonds is 4. The van der Waals surface area contributed by atoms with E-state index in [1.807, 2.05) is 13.8 Å². The van der Waals surface area contributed by atoms with Crippen LogP contribution in [0.5, 0.6) is 11.5 Å². The van der Waals surface area contributed by atoms with Crippen molar-refractivity contribution in [1.29, 1.82) is 0 Å². The molecule has 0 radical (unpaired) electrons. The van der Waals surface area contributed by atoms with Crippen LogP contribution < -0.4 is 9.47 Å². The summed E-state index contributed by atoms with van der Waals surface area (Å²) in [6.07, 6.45) is -0.174. The molecular formula is C14H20AgFO4S. The molecule has 1 aliphatic rings. The van der Waals surface area contributed by atoms with E-state index in [1.165, 1.54) is 25.3 Å². The minimum Gasteiger partial charge on any atom is -0.813 e. The number of hydrogen-bond donors (Lipinski definition) is 1. The molecule has 1 aromatic carbocycles.